The molecule has 21 heavy (non-hydrogen) atoms. The second-order valence-corrected chi connectivity index (χ2v) is 7.35. The molecule has 0 aromatic heterocycles. The maximum atomic E-state index is 12.5. The summed E-state index contributed by atoms with van der Waals surface area (Å²) in [5.41, 5.74) is 1.73. The van der Waals surface area contributed by atoms with Crippen LogP contribution in [0.25, 0.3) is 6.08 Å². The average molecular weight is 361 g/mol. The van der Waals surface area contributed by atoms with E-state index in [9.17, 15) is 8.42 Å². The van der Waals surface area contributed by atoms with Crippen LogP contribution < -0.4 is 0 Å². The molecule has 2 nitrogen and oxygen atoms in total. The Morgan fingerprint density at radius 2 is 1.67 bits per heavy atom. The lowest BCUT2D eigenvalue weighted by atomic mass is 10.2. The molecule has 106 valence electrons. The van der Waals surface area contributed by atoms with E-state index in [0.29, 0.717) is 0 Å². The molecule has 0 fully saturated rings. The van der Waals surface area contributed by atoms with Gasteiger partial charge in [0.25, 0.3) is 0 Å². The molecule has 0 saturated heterocycles. The van der Waals surface area contributed by atoms with Gasteiger partial charge in [-0.1, -0.05) is 51.7 Å². The summed E-state index contributed by atoms with van der Waals surface area (Å²) in [6, 6.07) is 13.9. The van der Waals surface area contributed by atoms with Crippen LogP contribution in [0.1, 0.15) is 11.1 Å². The van der Waals surface area contributed by atoms with Crippen LogP contribution in [0.4, 0.5) is 0 Å². The Labute approximate surface area is 133 Å². The van der Waals surface area contributed by atoms with Gasteiger partial charge in [0, 0.05) is 4.47 Å². The van der Waals surface area contributed by atoms with Crippen molar-refractivity contribution in [2.75, 3.05) is 0 Å². The smallest absolute Gasteiger partial charge is 0.214 e. The molecule has 4 heteroatoms. The molecule has 2 aromatic rings. The molecule has 0 atom stereocenters. The zero-order valence-corrected chi connectivity index (χ0v) is 13.8. The summed E-state index contributed by atoms with van der Waals surface area (Å²) in [5, 5.41) is 0. The van der Waals surface area contributed by atoms with E-state index in [2.05, 4.69) is 21.9 Å². The number of hydrogen-bond acceptors (Lipinski definition) is 2. The zero-order chi connectivity index (χ0) is 15.5. The average Bonchev–Trinajstić information content (AvgIpc) is 2.47. The first kappa shape index (κ1) is 15.6. The third kappa shape index (κ3) is 3.63. The van der Waals surface area contributed by atoms with E-state index in [1.807, 2.05) is 19.1 Å². The van der Waals surface area contributed by atoms with Crippen LogP contribution in [-0.2, 0) is 9.84 Å². The highest BCUT2D eigenvalue weighted by Gasteiger charge is 2.18. The fraction of sp³-hybridized carbons (Fsp3) is 0.0588. The SMILES string of the molecule is C#C/C(=C\c1ccc(Br)cc1)S(=O)(=O)c1ccc(C)cc1. The summed E-state index contributed by atoms with van der Waals surface area (Å²) in [7, 11) is -3.66. The van der Waals surface area contributed by atoms with Crippen LogP contribution >= 0.6 is 15.9 Å². The van der Waals surface area contributed by atoms with Crippen LogP contribution in [0, 0.1) is 19.3 Å². The summed E-state index contributed by atoms with van der Waals surface area (Å²) in [4.78, 5) is 0.156. The fourth-order valence-corrected chi connectivity index (χ4v) is 3.21. The predicted octanol–water partition coefficient (Wildman–Crippen LogP) is 4.21. The standard InChI is InChI=1S/C17H13BrO2S/c1-3-16(12-14-6-8-15(18)9-7-14)21(19,20)17-10-4-13(2)5-11-17/h1,4-12H,2H3/b16-12+. The van der Waals surface area contributed by atoms with Crippen molar-refractivity contribution >= 4 is 31.8 Å². The van der Waals surface area contributed by atoms with E-state index < -0.39 is 9.84 Å². The Hall–Kier alpha value is -1.83. The summed E-state index contributed by atoms with van der Waals surface area (Å²) >= 11 is 3.33. The highest BCUT2D eigenvalue weighted by atomic mass is 79.9. The van der Waals surface area contributed by atoms with E-state index in [1.54, 1.807) is 36.4 Å². The highest BCUT2D eigenvalue weighted by molar-refractivity contribution is 9.10. The van der Waals surface area contributed by atoms with Gasteiger partial charge in [-0.25, -0.2) is 8.42 Å². The maximum absolute atomic E-state index is 12.5. The van der Waals surface area contributed by atoms with Gasteiger partial charge in [-0.2, -0.15) is 0 Å². The predicted molar refractivity (Wildman–Crippen MR) is 89.3 cm³/mol. The lowest BCUT2D eigenvalue weighted by Crippen LogP contribution is -2.03. The van der Waals surface area contributed by atoms with Gasteiger partial charge in [-0.15, -0.1) is 6.42 Å². The number of rotatable bonds is 3. The lowest BCUT2D eigenvalue weighted by Gasteiger charge is -2.05. The largest absolute Gasteiger partial charge is 0.218 e. The molecule has 0 amide bonds. The minimum Gasteiger partial charge on any atom is -0.218 e. The summed E-state index contributed by atoms with van der Waals surface area (Å²) in [5.74, 6) is 2.28. The topological polar surface area (TPSA) is 34.1 Å². The molecule has 2 aromatic carbocycles. The van der Waals surface area contributed by atoms with E-state index in [-0.39, 0.29) is 9.80 Å². The number of benzene rings is 2. The fourth-order valence-electron chi connectivity index (χ4n) is 1.75. The van der Waals surface area contributed by atoms with Crippen molar-refractivity contribution in [2.45, 2.75) is 11.8 Å². The van der Waals surface area contributed by atoms with E-state index in [1.165, 1.54) is 6.08 Å². The number of halogens is 1. The van der Waals surface area contributed by atoms with E-state index >= 15 is 0 Å². The van der Waals surface area contributed by atoms with Crippen molar-refractivity contribution in [1.29, 1.82) is 0 Å². The molecule has 0 spiro atoms. The Bertz CT molecular complexity index is 809. The van der Waals surface area contributed by atoms with Gasteiger partial charge in [-0.05, 0) is 42.8 Å². The first-order valence-electron chi connectivity index (χ1n) is 6.19. The van der Waals surface area contributed by atoms with Crippen LogP contribution in [0.2, 0.25) is 0 Å². The molecule has 0 aliphatic carbocycles. The van der Waals surface area contributed by atoms with Gasteiger partial charge < -0.3 is 0 Å². The van der Waals surface area contributed by atoms with E-state index in [4.69, 9.17) is 6.42 Å². The Kier molecular flexibility index (Phi) is 4.66. The Morgan fingerprint density at radius 1 is 1.10 bits per heavy atom. The van der Waals surface area contributed by atoms with Crippen LogP contribution in [0.3, 0.4) is 0 Å². The lowest BCUT2D eigenvalue weighted by molar-refractivity contribution is 0.603. The molecule has 0 radical (unpaired) electrons. The first-order valence-corrected chi connectivity index (χ1v) is 8.47. The van der Waals surface area contributed by atoms with Gasteiger partial charge >= 0.3 is 0 Å². The molecule has 0 bridgehead atoms. The number of terminal acetylenes is 1. The normalized spacial score (nSPS) is 12.0. The molecule has 0 saturated carbocycles. The third-order valence-electron chi connectivity index (χ3n) is 2.93. The van der Waals surface area contributed by atoms with Gasteiger partial charge in [0.1, 0.15) is 4.91 Å². The second-order valence-electron chi connectivity index (χ2n) is 4.52. The van der Waals surface area contributed by atoms with Crippen LogP contribution in [0.15, 0.2) is 62.8 Å². The summed E-state index contributed by atoms with van der Waals surface area (Å²) < 4.78 is 26.0. The van der Waals surface area contributed by atoms with Crippen molar-refractivity contribution in [3.63, 3.8) is 0 Å². The molecule has 0 aliphatic rings. The van der Waals surface area contributed by atoms with Crippen molar-refractivity contribution < 1.29 is 8.42 Å². The Balaban J connectivity index is 2.47. The summed E-state index contributed by atoms with van der Waals surface area (Å²) in [6.07, 6.45) is 6.90. The van der Waals surface area contributed by atoms with E-state index in [0.717, 1.165) is 15.6 Å². The number of hydrogen-bond donors (Lipinski definition) is 0. The molecule has 2 rings (SSSR count). The van der Waals surface area contributed by atoms with Gasteiger partial charge in [0.15, 0.2) is 0 Å². The quantitative estimate of drug-likeness (QED) is 0.768. The zero-order valence-electron chi connectivity index (χ0n) is 11.4. The second kappa shape index (κ2) is 6.30. The molecular formula is C17H13BrO2S. The van der Waals surface area contributed by atoms with Crippen molar-refractivity contribution in [3.8, 4) is 12.3 Å². The first-order chi connectivity index (χ1) is 9.93. The summed E-state index contributed by atoms with van der Waals surface area (Å²) in [6.45, 7) is 1.90. The minimum absolute atomic E-state index is 0.0475. The van der Waals surface area contributed by atoms with Crippen molar-refractivity contribution in [1.82, 2.24) is 0 Å². The third-order valence-corrected chi connectivity index (χ3v) is 5.17. The maximum Gasteiger partial charge on any atom is 0.214 e. The molecule has 0 unspecified atom stereocenters. The van der Waals surface area contributed by atoms with Gasteiger partial charge in [0.2, 0.25) is 9.84 Å². The Morgan fingerprint density at radius 3 is 2.19 bits per heavy atom. The van der Waals surface area contributed by atoms with Crippen molar-refractivity contribution in [2.24, 2.45) is 0 Å². The van der Waals surface area contributed by atoms with Gasteiger partial charge in [-0.3, -0.25) is 0 Å². The van der Waals surface area contributed by atoms with Crippen LogP contribution in [-0.4, -0.2) is 8.42 Å². The number of allylic oxidation sites excluding steroid dienone is 1. The molecular weight excluding hydrogens is 348 g/mol. The highest BCUT2D eigenvalue weighted by Crippen LogP contribution is 2.22. The monoisotopic (exact) mass is 360 g/mol. The van der Waals surface area contributed by atoms with Crippen molar-refractivity contribution in [3.05, 3.63) is 69.0 Å². The van der Waals surface area contributed by atoms with Crippen LogP contribution in [0.5, 0.6) is 0 Å². The number of aryl methyl sites for hydroxylation is 1. The molecule has 0 heterocycles. The molecule has 0 aliphatic heterocycles. The van der Waals surface area contributed by atoms with Gasteiger partial charge in [0.05, 0.1) is 4.90 Å². The molecule has 0 N–H and O–H groups in total. The minimum atomic E-state index is -3.66. The number of sulfone groups is 1.